The van der Waals surface area contributed by atoms with Gasteiger partial charge in [0.25, 0.3) is 5.69 Å². The quantitative estimate of drug-likeness (QED) is 0.506. The van der Waals surface area contributed by atoms with Gasteiger partial charge in [-0.2, -0.15) is 0 Å². The fourth-order valence-corrected chi connectivity index (χ4v) is 2.21. The van der Waals surface area contributed by atoms with Crippen LogP contribution in [0.4, 0.5) is 5.69 Å². The van der Waals surface area contributed by atoms with Crippen LogP contribution < -0.4 is 10.1 Å². The van der Waals surface area contributed by atoms with Gasteiger partial charge in [0, 0.05) is 24.6 Å². The summed E-state index contributed by atoms with van der Waals surface area (Å²) in [4.78, 5) is 21.7. The Balaban J connectivity index is 2.00. The summed E-state index contributed by atoms with van der Waals surface area (Å²) in [6.07, 6.45) is 0.364. The number of esters is 1. The molecular formula is C13H16N2O5. The first-order valence-corrected chi connectivity index (χ1v) is 6.24. The van der Waals surface area contributed by atoms with Crippen LogP contribution >= 0.6 is 0 Å². The molecule has 0 aliphatic carbocycles. The third-order valence-electron chi connectivity index (χ3n) is 3.24. The van der Waals surface area contributed by atoms with Crippen LogP contribution in [0.3, 0.4) is 0 Å². The van der Waals surface area contributed by atoms with Crippen LogP contribution in [0.5, 0.6) is 5.75 Å². The van der Waals surface area contributed by atoms with Gasteiger partial charge in [-0.25, -0.2) is 0 Å². The highest BCUT2D eigenvalue weighted by atomic mass is 16.6. The van der Waals surface area contributed by atoms with E-state index in [4.69, 9.17) is 4.74 Å². The molecule has 1 aromatic carbocycles. The SMILES string of the molecule is COC(=O)[C@@H]1C[C@H](Oc2ccc([N+](=O)[O-])c(C)c2)CN1. The molecule has 1 aliphatic rings. The average molecular weight is 280 g/mol. The van der Waals surface area contributed by atoms with Gasteiger partial charge in [-0.15, -0.1) is 0 Å². The summed E-state index contributed by atoms with van der Waals surface area (Å²) in [5.41, 5.74) is 0.609. The summed E-state index contributed by atoms with van der Waals surface area (Å²) in [5.74, 6) is 0.251. The zero-order valence-electron chi connectivity index (χ0n) is 11.3. The van der Waals surface area contributed by atoms with Gasteiger partial charge in [0.2, 0.25) is 0 Å². The largest absolute Gasteiger partial charge is 0.489 e. The number of nitrogens with one attached hydrogen (secondary N) is 1. The van der Waals surface area contributed by atoms with Crippen LogP contribution in [0.25, 0.3) is 0 Å². The normalized spacial score (nSPS) is 21.5. The van der Waals surface area contributed by atoms with Gasteiger partial charge in [-0.05, 0) is 19.1 Å². The van der Waals surface area contributed by atoms with Crippen molar-refractivity contribution in [1.29, 1.82) is 0 Å². The molecule has 0 spiro atoms. The lowest BCUT2D eigenvalue weighted by Gasteiger charge is -2.13. The number of carbonyl (C=O) groups is 1. The molecule has 7 nitrogen and oxygen atoms in total. The number of aryl methyl sites for hydroxylation is 1. The molecule has 0 bridgehead atoms. The van der Waals surface area contributed by atoms with Crippen LogP contribution in [0, 0.1) is 17.0 Å². The maximum Gasteiger partial charge on any atom is 0.323 e. The van der Waals surface area contributed by atoms with Crippen LogP contribution in [-0.4, -0.2) is 36.7 Å². The van der Waals surface area contributed by atoms with Crippen LogP contribution in [0.15, 0.2) is 18.2 Å². The number of nitrogens with zero attached hydrogens (tertiary/aromatic N) is 1. The molecule has 0 saturated carbocycles. The van der Waals surface area contributed by atoms with E-state index in [1.54, 1.807) is 19.1 Å². The third kappa shape index (κ3) is 3.05. The van der Waals surface area contributed by atoms with E-state index < -0.39 is 4.92 Å². The Bertz CT molecular complexity index is 531. The minimum absolute atomic E-state index is 0.0642. The standard InChI is InChI=1S/C13H16N2O5/c1-8-5-9(3-4-12(8)15(17)18)20-10-6-11(14-7-10)13(16)19-2/h3-5,10-11,14H,6-7H2,1-2H3/t10-,11-/m0/s1. The summed E-state index contributed by atoms with van der Waals surface area (Å²) < 4.78 is 10.4. The lowest BCUT2D eigenvalue weighted by molar-refractivity contribution is -0.385. The molecule has 1 heterocycles. The molecule has 0 aromatic heterocycles. The zero-order valence-corrected chi connectivity index (χ0v) is 11.3. The van der Waals surface area contributed by atoms with Gasteiger partial charge in [0.15, 0.2) is 0 Å². The van der Waals surface area contributed by atoms with Gasteiger partial charge < -0.3 is 14.8 Å². The van der Waals surface area contributed by atoms with Gasteiger partial charge in [-0.1, -0.05) is 0 Å². The molecule has 7 heteroatoms. The van der Waals surface area contributed by atoms with E-state index in [2.05, 4.69) is 10.1 Å². The number of methoxy groups -OCH3 is 1. The van der Waals surface area contributed by atoms with Crippen LogP contribution in [0.2, 0.25) is 0 Å². The summed E-state index contributed by atoms with van der Waals surface area (Å²) in [6.45, 7) is 2.20. The van der Waals surface area contributed by atoms with Crippen LogP contribution in [0.1, 0.15) is 12.0 Å². The lowest BCUT2D eigenvalue weighted by atomic mass is 10.2. The Kier molecular flexibility index (Phi) is 4.19. The first kappa shape index (κ1) is 14.3. The minimum Gasteiger partial charge on any atom is -0.489 e. The Morgan fingerprint density at radius 1 is 1.50 bits per heavy atom. The maximum atomic E-state index is 11.4. The van der Waals surface area contributed by atoms with Crippen LogP contribution in [-0.2, 0) is 9.53 Å². The molecule has 2 rings (SSSR count). The molecule has 1 N–H and O–H groups in total. The minimum atomic E-state index is -0.427. The third-order valence-corrected chi connectivity index (χ3v) is 3.24. The topological polar surface area (TPSA) is 90.7 Å². The van der Waals surface area contributed by atoms with E-state index in [-0.39, 0.29) is 23.8 Å². The number of ether oxygens (including phenoxy) is 2. The second-order valence-electron chi connectivity index (χ2n) is 4.66. The molecule has 0 unspecified atom stereocenters. The zero-order chi connectivity index (χ0) is 14.7. The van der Waals surface area contributed by atoms with E-state index in [9.17, 15) is 14.9 Å². The summed E-state index contributed by atoms with van der Waals surface area (Å²) in [5, 5.41) is 13.7. The van der Waals surface area contributed by atoms with Crippen molar-refractivity contribution in [3.63, 3.8) is 0 Å². The molecule has 1 fully saturated rings. The van der Waals surface area contributed by atoms with Crippen molar-refractivity contribution in [2.24, 2.45) is 0 Å². The van der Waals surface area contributed by atoms with Gasteiger partial charge >= 0.3 is 5.97 Å². The lowest BCUT2D eigenvalue weighted by Crippen LogP contribution is -2.31. The number of nitro groups is 1. The second-order valence-corrected chi connectivity index (χ2v) is 4.66. The molecular weight excluding hydrogens is 264 g/mol. The second kappa shape index (κ2) is 5.87. The van der Waals surface area contributed by atoms with Crippen molar-refractivity contribution in [1.82, 2.24) is 5.32 Å². The summed E-state index contributed by atoms with van der Waals surface area (Å²) >= 11 is 0. The Morgan fingerprint density at radius 2 is 2.25 bits per heavy atom. The molecule has 1 saturated heterocycles. The monoisotopic (exact) mass is 280 g/mol. The predicted molar refractivity (Wildman–Crippen MR) is 70.7 cm³/mol. The van der Waals surface area contributed by atoms with Crippen molar-refractivity contribution >= 4 is 11.7 Å². The van der Waals surface area contributed by atoms with E-state index in [0.717, 1.165) is 0 Å². The summed E-state index contributed by atoms with van der Waals surface area (Å²) in [6, 6.07) is 4.26. The van der Waals surface area contributed by atoms with Crippen molar-refractivity contribution in [2.45, 2.75) is 25.5 Å². The number of nitro benzene ring substituents is 1. The number of hydrogen-bond donors (Lipinski definition) is 1. The Hall–Kier alpha value is -2.15. The number of carbonyl (C=O) groups excluding carboxylic acids is 1. The van der Waals surface area contributed by atoms with Gasteiger partial charge in [0.05, 0.1) is 12.0 Å². The van der Waals surface area contributed by atoms with Crippen molar-refractivity contribution in [2.75, 3.05) is 13.7 Å². The van der Waals surface area contributed by atoms with E-state index in [0.29, 0.717) is 24.3 Å². The van der Waals surface area contributed by atoms with Crippen molar-refractivity contribution in [3.05, 3.63) is 33.9 Å². The maximum absolute atomic E-state index is 11.4. The first-order valence-electron chi connectivity index (χ1n) is 6.24. The predicted octanol–water partition coefficient (Wildman–Crippen LogP) is 1.19. The summed E-state index contributed by atoms with van der Waals surface area (Å²) in [7, 11) is 1.35. The molecule has 108 valence electrons. The van der Waals surface area contributed by atoms with Crippen molar-refractivity contribution in [3.8, 4) is 5.75 Å². The smallest absolute Gasteiger partial charge is 0.323 e. The van der Waals surface area contributed by atoms with Crippen molar-refractivity contribution < 1.29 is 19.2 Å². The number of hydrogen-bond acceptors (Lipinski definition) is 6. The van der Waals surface area contributed by atoms with E-state index >= 15 is 0 Å². The molecule has 0 radical (unpaired) electrons. The number of benzene rings is 1. The van der Waals surface area contributed by atoms with Gasteiger partial charge in [-0.3, -0.25) is 14.9 Å². The molecule has 0 amide bonds. The van der Waals surface area contributed by atoms with E-state index in [1.807, 2.05) is 0 Å². The molecule has 1 aliphatic heterocycles. The number of rotatable bonds is 4. The molecule has 20 heavy (non-hydrogen) atoms. The van der Waals surface area contributed by atoms with Gasteiger partial charge in [0.1, 0.15) is 17.9 Å². The Labute approximate surface area is 116 Å². The highest BCUT2D eigenvalue weighted by Gasteiger charge is 2.31. The highest BCUT2D eigenvalue weighted by molar-refractivity contribution is 5.76. The van der Waals surface area contributed by atoms with E-state index in [1.165, 1.54) is 13.2 Å². The Morgan fingerprint density at radius 3 is 2.85 bits per heavy atom. The highest BCUT2D eigenvalue weighted by Crippen LogP contribution is 2.25. The first-order chi connectivity index (χ1) is 9.51. The molecule has 2 atom stereocenters. The average Bonchev–Trinajstić information content (AvgIpc) is 2.86. The fraction of sp³-hybridized carbons (Fsp3) is 0.462. The fourth-order valence-electron chi connectivity index (χ4n) is 2.21. The molecule has 1 aromatic rings.